The molecule has 0 atom stereocenters. The molecule has 7 heteroatoms. The molecule has 0 aliphatic carbocycles. The topological polar surface area (TPSA) is 67.2 Å². The van der Waals surface area contributed by atoms with Gasteiger partial charge in [0.15, 0.2) is 10.7 Å². The number of halogens is 1. The Labute approximate surface area is 205 Å². The smallest absolute Gasteiger partial charge is 0.258 e. The average Bonchev–Trinajstić information content (AvgIpc) is 3.17. The monoisotopic (exact) mass is 555 g/mol. The Morgan fingerprint density at radius 3 is 2.44 bits per heavy atom. The van der Waals surface area contributed by atoms with E-state index in [4.69, 9.17) is 16.6 Å². The second-order valence-electron chi connectivity index (χ2n) is 8.42. The Morgan fingerprint density at radius 2 is 1.75 bits per heavy atom. The number of oxazole rings is 1. The van der Waals surface area contributed by atoms with Crippen LogP contribution in [0, 0.1) is 3.57 Å². The number of thiocarbonyl (C=S) groups is 1. The highest BCUT2D eigenvalue weighted by molar-refractivity contribution is 14.1. The highest BCUT2D eigenvalue weighted by Gasteiger charge is 2.15. The van der Waals surface area contributed by atoms with Crippen LogP contribution in [0.1, 0.15) is 36.7 Å². The molecule has 5 nitrogen and oxygen atoms in total. The highest BCUT2D eigenvalue weighted by atomic mass is 127. The molecule has 4 rings (SSSR count). The fourth-order valence-corrected chi connectivity index (χ4v) is 4.06. The summed E-state index contributed by atoms with van der Waals surface area (Å²) < 4.78 is 6.79. The summed E-state index contributed by atoms with van der Waals surface area (Å²) in [6, 6.07) is 21.1. The van der Waals surface area contributed by atoms with E-state index in [0.29, 0.717) is 28.2 Å². The minimum atomic E-state index is -0.254. The van der Waals surface area contributed by atoms with Crippen molar-refractivity contribution < 1.29 is 9.21 Å². The van der Waals surface area contributed by atoms with Crippen molar-refractivity contribution in [3.63, 3.8) is 0 Å². The number of hydrogen-bond donors (Lipinski definition) is 2. The number of benzene rings is 3. The van der Waals surface area contributed by atoms with Crippen molar-refractivity contribution in [2.24, 2.45) is 0 Å². The molecule has 0 aliphatic rings. The van der Waals surface area contributed by atoms with Crippen LogP contribution in [0.15, 0.2) is 71.1 Å². The molecule has 0 spiro atoms. The SMILES string of the molecule is CC(C)(C)c1ccc(-c2nc3cc(NC(=S)NC(=O)c4ccccc4I)ccc3o2)cc1. The molecule has 0 radical (unpaired) electrons. The van der Waals surface area contributed by atoms with Crippen molar-refractivity contribution >= 4 is 62.6 Å². The Bertz CT molecular complexity index is 1310. The summed E-state index contributed by atoms with van der Waals surface area (Å²) in [5.41, 5.74) is 4.94. The van der Waals surface area contributed by atoms with Crippen molar-refractivity contribution in [2.45, 2.75) is 26.2 Å². The van der Waals surface area contributed by atoms with Gasteiger partial charge in [-0.2, -0.15) is 0 Å². The van der Waals surface area contributed by atoms with Gasteiger partial charge in [0.05, 0.1) is 5.56 Å². The molecular formula is C25H22IN3O2S. The summed E-state index contributed by atoms with van der Waals surface area (Å²) >= 11 is 7.44. The fraction of sp³-hybridized carbons (Fsp3) is 0.160. The van der Waals surface area contributed by atoms with Gasteiger partial charge >= 0.3 is 0 Å². The van der Waals surface area contributed by atoms with Gasteiger partial charge in [0.2, 0.25) is 5.89 Å². The van der Waals surface area contributed by atoms with Crippen LogP contribution in [0.3, 0.4) is 0 Å². The highest BCUT2D eigenvalue weighted by Crippen LogP contribution is 2.29. The third kappa shape index (κ3) is 4.99. The second-order valence-corrected chi connectivity index (χ2v) is 9.99. The van der Waals surface area contributed by atoms with Gasteiger partial charge in [0.1, 0.15) is 5.52 Å². The van der Waals surface area contributed by atoms with Crippen molar-refractivity contribution in [2.75, 3.05) is 5.32 Å². The molecule has 4 aromatic rings. The molecule has 0 aliphatic heterocycles. The largest absolute Gasteiger partial charge is 0.436 e. The van der Waals surface area contributed by atoms with Crippen LogP contribution >= 0.6 is 34.8 Å². The lowest BCUT2D eigenvalue weighted by Gasteiger charge is -2.18. The maximum absolute atomic E-state index is 12.5. The number of anilines is 1. The van der Waals surface area contributed by atoms with Crippen LogP contribution in [0.2, 0.25) is 0 Å². The first-order valence-electron chi connectivity index (χ1n) is 10.1. The molecule has 0 saturated carbocycles. The number of rotatable bonds is 3. The first kappa shape index (κ1) is 22.4. The van der Waals surface area contributed by atoms with E-state index in [-0.39, 0.29) is 16.4 Å². The van der Waals surface area contributed by atoms with Crippen molar-refractivity contribution in [3.8, 4) is 11.5 Å². The van der Waals surface area contributed by atoms with Crippen molar-refractivity contribution in [3.05, 3.63) is 81.4 Å². The summed E-state index contributed by atoms with van der Waals surface area (Å²) in [5.74, 6) is 0.308. The summed E-state index contributed by atoms with van der Waals surface area (Å²) in [5, 5.41) is 5.98. The second kappa shape index (κ2) is 8.99. The molecular weight excluding hydrogens is 533 g/mol. The first-order chi connectivity index (χ1) is 15.2. The lowest BCUT2D eigenvalue weighted by Crippen LogP contribution is -2.34. The number of carbonyl (C=O) groups excluding carboxylic acids is 1. The van der Waals surface area contributed by atoms with Gasteiger partial charge < -0.3 is 9.73 Å². The molecule has 0 fully saturated rings. The van der Waals surface area contributed by atoms with E-state index < -0.39 is 0 Å². The van der Waals surface area contributed by atoms with Crippen LogP contribution in [-0.4, -0.2) is 16.0 Å². The zero-order valence-electron chi connectivity index (χ0n) is 17.9. The van der Waals surface area contributed by atoms with Crippen LogP contribution < -0.4 is 10.6 Å². The molecule has 1 aromatic heterocycles. The number of amides is 1. The minimum Gasteiger partial charge on any atom is -0.436 e. The third-order valence-corrected chi connectivity index (χ3v) is 6.13. The van der Waals surface area contributed by atoms with E-state index in [9.17, 15) is 4.79 Å². The van der Waals surface area contributed by atoms with E-state index in [1.165, 1.54) is 5.56 Å². The van der Waals surface area contributed by atoms with Gasteiger partial charge in [-0.15, -0.1) is 0 Å². The van der Waals surface area contributed by atoms with Gasteiger partial charge in [0, 0.05) is 14.8 Å². The number of aromatic nitrogens is 1. The predicted octanol–water partition coefficient (Wildman–Crippen LogP) is 6.52. The predicted molar refractivity (Wildman–Crippen MR) is 141 cm³/mol. The number of fused-ring (bicyclic) bond motifs is 1. The first-order valence-corrected chi connectivity index (χ1v) is 11.6. The Hall–Kier alpha value is -2.78. The lowest BCUT2D eigenvalue weighted by atomic mass is 9.87. The molecule has 1 amide bonds. The molecule has 162 valence electrons. The number of hydrogen-bond acceptors (Lipinski definition) is 4. The molecule has 1 heterocycles. The van der Waals surface area contributed by atoms with Gasteiger partial charge in [-0.1, -0.05) is 45.0 Å². The Kier molecular flexibility index (Phi) is 6.30. The van der Waals surface area contributed by atoms with E-state index in [2.05, 4.69) is 71.1 Å². The molecule has 32 heavy (non-hydrogen) atoms. The Balaban J connectivity index is 1.49. The summed E-state index contributed by atoms with van der Waals surface area (Å²) in [7, 11) is 0. The summed E-state index contributed by atoms with van der Waals surface area (Å²) in [6.07, 6.45) is 0. The number of carbonyl (C=O) groups is 1. The lowest BCUT2D eigenvalue weighted by molar-refractivity contribution is 0.0977. The summed E-state index contributed by atoms with van der Waals surface area (Å²) in [6.45, 7) is 6.55. The van der Waals surface area contributed by atoms with Gasteiger partial charge in [-0.05, 0) is 88.3 Å². The van der Waals surface area contributed by atoms with E-state index in [1.54, 1.807) is 6.07 Å². The number of nitrogens with zero attached hydrogens (tertiary/aromatic N) is 1. The standard InChI is InChI=1S/C25H22IN3O2S/c1-25(2,3)16-10-8-15(9-11-16)23-28-20-14-17(12-13-21(20)31-23)27-24(32)29-22(30)18-6-4-5-7-19(18)26/h4-14H,1-3H3,(H2,27,29,30,32). The molecule has 0 saturated heterocycles. The average molecular weight is 555 g/mol. The maximum atomic E-state index is 12.5. The summed E-state index contributed by atoms with van der Waals surface area (Å²) in [4.78, 5) is 17.1. The third-order valence-electron chi connectivity index (χ3n) is 4.99. The van der Waals surface area contributed by atoms with E-state index in [1.807, 2.05) is 48.5 Å². The molecule has 0 unspecified atom stereocenters. The van der Waals surface area contributed by atoms with Gasteiger partial charge in [-0.3, -0.25) is 10.1 Å². The van der Waals surface area contributed by atoms with Crippen molar-refractivity contribution in [1.82, 2.24) is 10.3 Å². The molecule has 3 aromatic carbocycles. The van der Waals surface area contributed by atoms with Gasteiger partial charge in [0.25, 0.3) is 5.91 Å². The number of nitrogens with one attached hydrogen (secondary N) is 2. The quantitative estimate of drug-likeness (QED) is 0.223. The van der Waals surface area contributed by atoms with Crippen LogP contribution in [0.25, 0.3) is 22.6 Å². The fourth-order valence-electron chi connectivity index (χ4n) is 3.22. The maximum Gasteiger partial charge on any atom is 0.258 e. The van der Waals surface area contributed by atoms with Gasteiger partial charge in [-0.25, -0.2) is 4.98 Å². The van der Waals surface area contributed by atoms with E-state index >= 15 is 0 Å². The molecule has 0 bridgehead atoms. The molecule has 2 N–H and O–H groups in total. The normalized spacial score (nSPS) is 11.4. The van der Waals surface area contributed by atoms with Crippen molar-refractivity contribution in [1.29, 1.82) is 0 Å². The zero-order chi connectivity index (χ0) is 22.9. The van der Waals surface area contributed by atoms with Crippen LogP contribution in [-0.2, 0) is 5.41 Å². The zero-order valence-corrected chi connectivity index (χ0v) is 20.9. The van der Waals surface area contributed by atoms with Crippen LogP contribution in [0.4, 0.5) is 5.69 Å². The Morgan fingerprint density at radius 1 is 1.03 bits per heavy atom. The van der Waals surface area contributed by atoms with Crippen LogP contribution in [0.5, 0.6) is 0 Å². The van der Waals surface area contributed by atoms with E-state index in [0.717, 1.165) is 9.13 Å². The minimum absolute atomic E-state index is 0.0903.